The first-order chi connectivity index (χ1) is 5.15. The Labute approximate surface area is 65.5 Å². The zero-order valence-electron chi connectivity index (χ0n) is 6.78. The highest BCUT2D eigenvalue weighted by atomic mass is 16.3. The van der Waals surface area contributed by atoms with Crippen molar-refractivity contribution < 1.29 is 4.79 Å². The van der Waals surface area contributed by atoms with E-state index in [1.54, 1.807) is 4.90 Å². The van der Waals surface area contributed by atoms with E-state index >= 15 is 0 Å². The normalized spacial score (nSPS) is 20.7. The molecule has 0 N–H and O–H groups in total. The Morgan fingerprint density at radius 1 is 1.64 bits per heavy atom. The number of amides is 1. The van der Waals surface area contributed by atoms with Gasteiger partial charge in [0.15, 0.2) is 6.04 Å². The van der Waals surface area contributed by atoms with Crippen molar-refractivity contribution in [3.8, 4) is 0 Å². The van der Waals surface area contributed by atoms with E-state index in [1.807, 2.05) is 0 Å². The van der Waals surface area contributed by atoms with E-state index in [1.165, 1.54) is 6.92 Å². The van der Waals surface area contributed by atoms with Crippen LogP contribution in [0.15, 0.2) is 5.18 Å². The third kappa shape index (κ3) is 1.56. The molecule has 0 spiro atoms. The fourth-order valence-corrected chi connectivity index (χ4v) is 1.19. The van der Waals surface area contributed by atoms with Gasteiger partial charge in [0.05, 0.1) is 0 Å². The molecule has 0 aliphatic carbocycles. The first kappa shape index (κ1) is 8.17. The van der Waals surface area contributed by atoms with Gasteiger partial charge in [0.25, 0.3) is 5.91 Å². The Morgan fingerprint density at radius 3 is 2.55 bits per heavy atom. The zero-order chi connectivity index (χ0) is 8.43. The molecule has 1 aliphatic rings. The van der Waals surface area contributed by atoms with E-state index in [0.29, 0.717) is 5.92 Å². The van der Waals surface area contributed by atoms with Gasteiger partial charge in [-0.05, 0) is 12.8 Å². The third-order valence-electron chi connectivity index (χ3n) is 1.89. The van der Waals surface area contributed by atoms with E-state index in [-0.39, 0.29) is 5.91 Å². The lowest BCUT2D eigenvalue weighted by atomic mass is 10.0. The summed E-state index contributed by atoms with van der Waals surface area (Å²) < 4.78 is 0. The maximum Gasteiger partial charge on any atom is 0.250 e. The second-order valence-electron chi connectivity index (χ2n) is 3.13. The maximum atomic E-state index is 11.1. The molecule has 1 fully saturated rings. The summed E-state index contributed by atoms with van der Waals surface area (Å²) in [5, 5.41) is 2.68. The highest BCUT2D eigenvalue weighted by Crippen LogP contribution is 2.15. The lowest BCUT2D eigenvalue weighted by Gasteiger charge is -2.37. The summed E-state index contributed by atoms with van der Waals surface area (Å²) in [6.07, 6.45) is 0. The molecule has 0 bridgehead atoms. The summed E-state index contributed by atoms with van der Waals surface area (Å²) in [6.45, 7) is 5.15. The second-order valence-corrected chi connectivity index (χ2v) is 3.13. The highest BCUT2D eigenvalue weighted by molar-refractivity contribution is 5.82. The summed E-state index contributed by atoms with van der Waals surface area (Å²) in [5.74, 6) is 0.441. The Bertz CT molecular complexity index is 175. The smallest absolute Gasteiger partial charge is 0.250 e. The van der Waals surface area contributed by atoms with Gasteiger partial charge < -0.3 is 4.90 Å². The predicted octanol–water partition coefficient (Wildman–Crippen LogP) is 0.620. The van der Waals surface area contributed by atoms with Gasteiger partial charge in [-0.25, -0.2) is 0 Å². The number of likely N-dealkylation sites (tertiary alicyclic amines) is 1. The van der Waals surface area contributed by atoms with Crippen molar-refractivity contribution >= 4 is 5.91 Å². The fraction of sp³-hybridized carbons (Fsp3) is 0.857. The van der Waals surface area contributed by atoms with Crippen LogP contribution in [0, 0.1) is 10.8 Å². The molecule has 1 atom stereocenters. The van der Waals surface area contributed by atoms with Gasteiger partial charge in [-0.15, -0.1) is 4.91 Å². The third-order valence-corrected chi connectivity index (χ3v) is 1.89. The van der Waals surface area contributed by atoms with Gasteiger partial charge in [-0.3, -0.25) is 4.79 Å². The second kappa shape index (κ2) is 2.98. The van der Waals surface area contributed by atoms with Crippen LogP contribution >= 0.6 is 0 Å². The number of hydrogen-bond acceptors (Lipinski definition) is 3. The van der Waals surface area contributed by atoms with Crippen molar-refractivity contribution in [1.29, 1.82) is 0 Å². The van der Waals surface area contributed by atoms with Crippen LogP contribution in [0.3, 0.4) is 0 Å². The highest BCUT2D eigenvalue weighted by Gasteiger charge is 2.30. The number of nitrogens with zero attached hydrogens (tertiary/aromatic N) is 2. The molecule has 0 aromatic rings. The first-order valence-electron chi connectivity index (χ1n) is 3.76. The molecule has 62 valence electrons. The minimum atomic E-state index is -0.706. The monoisotopic (exact) mass is 156 g/mol. The predicted molar refractivity (Wildman–Crippen MR) is 41.0 cm³/mol. The number of carbonyl (C=O) groups excluding carboxylic acids is 1. The van der Waals surface area contributed by atoms with E-state index in [9.17, 15) is 9.70 Å². The van der Waals surface area contributed by atoms with Crippen LogP contribution in [-0.4, -0.2) is 29.9 Å². The van der Waals surface area contributed by atoms with Crippen molar-refractivity contribution in [3.05, 3.63) is 4.91 Å². The van der Waals surface area contributed by atoms with Gasteiger partial charge >= 0.3 is 0 Å². The van der Waals surface area contributed by atoms with E-state index in [2.05, 4.69) is 12.1 Å². The van der Waals surface area contributed by atoms with Crippen LogP contribution in [0.25, 0.3) is 0 Å². The van der Waals surface area contributed by atoms with Crippen LogP contribution < -0.4 is 0 Å². The van der Waals surface area contributed by atoms with Gasteiger partial charge in [0.2, 0.25) is 0 Å². The number of rotatable bonds is 2. The van der Waals surface area contributed by atoms with Crippen molar-refractivity contribution in [3.63, 3.8) is 0 Å². The molecule has 1 heterocycles. The minimum Gasteiger partial charge on any atom is -0.340 e. The lowest BCUT2D eigenvalue weighted by molar-refractivity contribution is -0.138. The quantitative estimate of drug-likeness (QED) is 0.550. The molecular weight excluding hydrogens is 144 g/mol. The number of carbonyl (C=O) groups is 1. The van der Waals surface area contributed by atoms with Crippen molar-refractivity contribution in [2.24, 2.45) is 11.1 Å². The Balaban J connectivity index is 2.37. The molecule has 11 heavy (non-hydrogen) atoms. The molecule has 1 rings (SSSR count). The summed E-state index contributed by atoms with van der Waals surface area (Å²) in [5.41, 5.74) is 0. The fourth-order valence-electron chi connectivity index (χ4n) is 1.19. The lowest BCUT2D eigenvalue weighted by Crippen LogP contribution is -2.51. The molecular formula is C7H12N2O2. The van der Waals surface area contributed by atoms with Crippen LogP contribution in [0.4, 0.5) is 0 Å². The van der Waals surface area contributed by atoms with Crippen LogP contribution in [0.2, 0.25) is 0 Å². The summed E-state index contributed by atoms with van der Waals surface area (Å²) in [4.78, 5) is 22.8. The van der Waals surface area contributed by atoms with E-state index in [4.69, 9.17) is 0 Å². The molecule has 0 aromatic heterocycles. The van der Waals surface area contributed by atoms with Crippen LogP contribution in [0.1, 0.15) is 13.8 Å². The first-order valence-corrected chi connectivity index (χ1v) is 3.76. The SMILES string of the molecule is CC1CN(C(=O)[C@H](C)N=O)C1. The molecule has 0 aromatic carbocycles. The molecule has 4 nitrogen and oxygen atoms in total. The van der Waals surface area contributed by atoms with Gasteiger partial charge in [0, 0.05) is 13.1 Å². The van der Waals surface area contributed by atoms with Crippen molar-refractivity contribution in [2.75, 3.05) is 13.1 Å². The largest absolute Gasteiger partial charge is 0.340 e. The van der Waals surface area contributed by atoms with Crippen LogP contribution in [-0.2, 0) is 4.79 Å². The van der Waals surface area contributed by atoms with Crippen molar-refractivity contribution in [1.82, 2.24) is 4.90 Å². The maximum absolute atomic E-state index is 11.1. The Kier molecular flexibility index (Phi) is 2.22. The number of hydrogen-bond donors (Lipinski definition) is 0. The Morgan fingerprint density at radius 2 is 2.18 bits per heavy atom. The standard InChI is InChI=1S/C7H12N2O2/c1-5-3-9(4-5)7(10)6(2)8-11/h5-6H,3-4H2,1-2H3/t6-/m0/s1. The van der Waals surface area contributed by atoms with Crippen LogP contribution in [0.5, 0.6) is 0 Å². The topological polar surface area (TPSA) is 49.7 Å². The molecule has 0 radical (unpaired) electrons. The van der Waals surface area contributed by atoms with Gasteiger partial charge in [0.1, 0.15) is 0 Å². The zero-order valence-corrected chi connectivity index (χ0v) is 6.78. The average Bonchev–Trinajstić information content (AvgIpc) is 1.96. The molecule has 1 saturated heterocycles. The molecule has 1 amide bonds. The van der Waals surface area contributed by atoms with E-state index < -0.39 is 6.04 Å². The molecule has 1 aliphatic heterocycles. The van der Waals surface area contributed by atoms with Crippen molar-refractivity contribution in [2.45, 2.75) is 19.9 Å². The molecule has 0 unspecified atom stereocenters. The molecule has 4 heteroatoms. The summed E-state index contributed by atoms with van der Waals surface area (Å²) in [6, 6.07) is -0.706. The summed E-state index contributed by atoms with van der Waals surface area (Å²) in [7, 11) is 0. The van der Waals surface area contributed by atoms with Gasteiger partial charge in [-0.2, -0.15) is 0 Å². The Hall–Kier alpha value is -0.930. The van der Waals surface area contributed by atoms with Gasteiger partial charge in [-0.1, -0.05) is 12.1 Å². The minimum absolute atomic E-state index is 0.141. The number of nitroso groups, excluding NO2 is 1. The average molecular weight is 156 g/mol. The van der Waals surface area contributed by atoms with E-state index in [0.717, 1.165) is 13.1 Å². The summed E-state index contributed by atoms with van der Waals surface area (Å²) >= 11 is 0. The molecule has 0 saturated carbocycles.